The lowest BCUT2D eigenvalue weighted by atomic mass is 9.55. The van der Waals surface area contributed by atoms with Crippen LogP contribution in [0.5, 0.6) is 0 Å². The zero-order valence-corrected chi connectivity index (χ0v) is 10.2. The van der Waals surface area contributed by atoms with E-state index in [4.69, 9.17) is 4.55 Å². The molecular formula is C12H18O3S. The van der Waals surface area contributed by atoms with E-state index >= 15 is 0 Å². The van der Waals surface area contributed by atoms with Gasteiger partial charge in [0, 0.05) is 0 Å². The molecule has 0 heterocycles. The number of rotatable bonds is 2. The van der Waals surface area contributed by atoms with Crippen molar-refractivity contribution in [1.29, 1.82) is 0 Å². The van der Waals surface area contributed by atoms with E-state index < -0.39 is 10.1 Å². The summed E-state index contributed by atoms with van der Waals surface area (Å²) in [5, 5.41) is 0. The van der Waals surface area contributed by atoms with Crippen molar-refractivity contribution in [3.05, 3.63) is 0 Å². The Morgan fingerprint density at radius 1 is 1.12 bits per heavy atom. The van der Waals surface area contributed by atoms with Gasteiger partial charge in [-0.15, -0.1) is 0 Å². The molecule has 3 nitrogen and oxygen atoms in total. The second kappa shape index (κ2) is 2.51. The predicted octanol–water partition coefficient (Wildman–Crippen LogP) is 2.09. The molecule has 0 aromatic carbocycles. The monoisotopic (exact) mass is 242 g/mol. The summed E-state index contributed by atoms with van der Waals surface area (Å²) in [6, 6.07) is 0. The van der Waals surface area contributed by atoms with Gasteiger partial charge >= 0.3 is 0 Å². The van der Waals surface area contributed by atoms with Gasteiger partial charge in [0.25, 0.3) is 10.1 Å². The molecular weight excluding hydrogens is 224 g/mol. The molecule has 4 fully saturated rings. The minimum Gasteiger partial charge on any atom is -0.286 e. The van der Waals surface area contributed by atoms with Crippen molar-refractivity contribution in [2.75, 3.05) is 5.75 Å². The lowest BCUT2D eigenvalue weighted by molar-refractivity contribution is -0.00176. The Morgan fingerprint density at radius 2 is 1.94 bits per heavy atom. The first-order valence-electron chi connectivity index (χ1n) is 6.36. The minimum atomic E-state index is -3.79. The summed E-state index contributed by atoms with van der Waals surface area (Å²) in [7, 11) is -3.79. The summed E-state index contributed by atoms with van der Waals surface area (Å²) in [4.78, 5) is 0. The van der Waals surface area contributed by atoms with E-state index in [1.54, 1.807) is 0 Å². The minimum absolute atomic E-state index is 0.0292. The molecule has 4 aliphatic carbocycles. The van der Waals surface area contributed by atoms with E-state index in [0.29, 0.717) is 5.41 Å². The summed E-state index contributed by atoms with van der Waals surface area (Å²) in [6.45, 7) is 0. The maximum Gasteiger partial charge on any atom is 0.265 e. The maximum absolute atomic E-state index is 11.2. The van der Waals surface area contributed by atoms with Gasteiger partial charge in [0.05, 0.1) is 5.75 Å². The third-order valence-corrected chi connectivity index (χ3v) is 7.05. The first-order valence-corrected chi connectivity index (χ1v) is 7.97. The van der Waals surface area contributed by atoms with Gasteiger partial charge in [-0.1, -0.05) is 0 Å². The first kappa shape index (κ1) is 9.89. The van der Waals surface area contributed by atoms with Crippen LogP contribution in [0.1, 0.15) is 38.5 Å². The zero-order valence-electron chi connectivity index (χ0n) is 9.35. The molecule has 4 saturated carbocycles. The van der Waals surface area contributed by atoms with Crippen LogP contribution in [0.2, 0.25) is 0 Å². The maximum atomic E-state index is 11.2. The van der Waals surface area contributed by atoms with E-state index in [0.717, 1.165) is 37.0 Å². The van der Waals surface area contributed by atoms with Crippen LogP contribution in [0.25, 0.3) is 0 Å². The number of fused-ring (bicyclic) bond motifs is 2. The molecule has 0 aromatic rings. The fourth-order valence-electron chi connectivity index (χ4n) is 6.09. The number of hydrogen-bond donors (Lipinski definition) is 1. The van der Waals surface area contributed by atoms with Crippen LogP contribution in [0.3, 0.4) is 0 Å². The van der Waals surface area contributed by atoms with Crippen LogP contribution in [0.15, 0.2) is 0 Å². The quantitative estimate of drug-likeness (QED) is 0.754. The predicted molar refractivity (Wildman–Crippen MR) is 59.5 cm³/mol. The Hall–Kier alpha value is -0.0900. The van der Waals surface area contributed by atoms with Crippen molar-refractivity contribution in [3.8, 4) is 0 Å². The van der Waals surface area contributed by atoms with Crippen LogP contribution in [-0.2, 0) is 10.1 Å². The largest absolute Gasteiger partial charge is 0.286 e. The third kappa shape index (κ3) is 1.05. The fourth-order valence-corrected chi connectivity index (χ4v) is 7.20. The fraction of sp³-hybridized carbons (Fsp3) is 1.00. The molecule has 0 amide bonds. The lowest BCUT2D eigenvalue weighted by Crippen LogP contribution is -2.42. The second-order valence-electron chi connectivity index (χ2n) is 6.98. The summed E-state index contributed by atoms with van der Waals surface area (Å²) in [5.41, 5.74) is 0.472. The summed E-state index contributed by atoms with van der Waals surface area (Å²) in [6.07, 6.45) is 7.25. The van der Waals surface area contributed by atoms with Crippen molar-refractivity contribution in [2.24, 2.45) is 28.6 Å². The molecule has 90 valence electrons. The molecule has 0 aromatic heterocycles. The van der Waals surface area contributed by atoms with Crippen LogP contribution < -0.4 is 0 Å². The van der Waals surface area contributed by atoms with Gasteiger partial charge in [-0.25, -0.2) is 0 Å². The molecule has 1 spiro atoms. The molecule has 0 aliphatic heterocycles. The van der Waals surface area contributed by atoms with Gasteiger partial charge in [0.2, 0.25) is 0 Å². The standard InChI is InChI=1S/C12H18O3S/c13-16(14,15)7-11-3-8-1-9-2-10(5-11)12(9,4-8)6-11/h8-10H,1-7H2,(H,13,14,15). The Kier molecular flexibility index (Phi) is 1.55. The van der Waals surface area contributed by atoms with Gasteiger partial charge in [-0.2, -0.15) is 8.42 Å². The molecule has 0 saturated heterocycles. The molecule has 3 bridgehead atoms. The molecule has 5 unspecified atom stereocenters. The molecule has 4 rings (SSSR count). The van der Waals surface area contributed by atoms with E-state index in [9.17, 15) is 8.42 Å². The van der Waals surface area contributed by atoms with Crippen molar-refractivity contribution >= 4 is 10.1 Å². The van der Waals surface area contributed by atoms with Crippen molar-refractivity contribution in [3.63, 3.8) is 0 Å². The Balaban J connectivity index is 1.73. The van der Waals surface area contributed by atoms with Crippen LogP contribution >= 0.6 is 0 Å². The van der Waals surface area contributed by atoms with Gasteiger partial charge in [0.15, 0.2) is 0 Å². The van der Waals surface area contributed by atoms with Crippen molar-refractivity contribution < 1.29 is 13.0 Å². The molecule has 16 heavy (non-hydrogen) atoms. The molecule has 1 N–H and O–H groups in total. The average molecular weight is 242 g/mol. The van der Waals surface area contributed by atoms with E-state index in [2.05, 4.69) is 0 Å². The molecule has 4 heteroatoms. The Bertz CT molecular complexity index is 453. The molecule has 0 radical (unpaired) electrons. The van der Waals surface area contributed by atoms with E-state index in [1.165, 1.54) is 19.3 Å². The third-order valence-electron chi connectivity index (χ3n) is 6.08. The van der Waals surface area contributed by atoms with Gasteiger partial charge < -0.3 is 0 Å². The second-order valence-corrected chi connectivity index (χ2v) is 8.43. The lowest BCUT2D eigenvalue weighted by Gasteiger charge is -2.49. The highest BCUT2D eigenvalue weighted by atomic mass is 32.2. The Morgan fingerprint density at radius 3 is 2.69 bits per heavy atom. The smallest absolute Gasteiger partial charge is 0.265 e. The van der Waals surface area contributed by atoms with Crippen molar-refractivity contribution in [1.82, 2.24) is 0 Å². The summed E-state index contributed by atoms with van der Waals surface area (Å²) in [5.74, 6) is 2.47. The average Bonchev–Trinajstić information content (AvgIpc) is 2.39. The SMILES string of the molecule is O=S(=O)(O)CC12CC3CC4CC(C1)C4(C3)C2. The van der Waals surface area contributed by atoms with Crippen molar-refractivity contribution in [2.45, 2.75) is 38.5 Å². The zero-order chi connectivity index (χ0) is 11.2. The van der Waals surface area contributed by atoms with Gasteiger partial charge in [0.1, 0.15) is 0 Å². The Labute approximate surface area is 96.4 Å². The highest BCUT2D eigenvalue weighted by Gasteiger charge is 2.71. The summed E-state index contributed by atoms with van der Waals surface area (Å²) >= 11 is 0. The van der Waals surface area contributed by atoms with E-state index in [-0.39, 0.29) is 11.2 Å². The van der Waals surface area contributed by atoms with E-state index in [1.807, 2.05) is 0 Å². The highest BCUT2D eigenvalue weighted by Crippen LogP contribution is 2.78. The topological polar surface area (TPSA) is 54.4 Å². The van der Waals surface area contributed by atoms with Crippen LogP contribution in [0, 0.1) is 28.6 Å². The van der Waals surface area contributed by atoms with Crippen LogP contribution in [-0.4, -0.2) is 18.7 Å². The van der Waals surface area contributed by atoms with Gasteiger partial charge in [-0.05, 0) is 67.1 Å². The highest BCUT2D eigenvalue weighted by molar-refractivity contribution is 7.85. The summed E-state index contributed by atoms with van der Waals surface area (Å²) < 4.78 is 31.5. The molecule has 5 atom stereocenters. The van der Waals surface area contributed by atoms with Crippen LogP contribution in [0.4, 0.5) is 0 Å². The van der Waals surface area contributed by atoms with Gasteiger partial charge in [-0.3, -0.25) is 4.55 Å². The normalized spacial score (nSPS) is 57.4. The molecule has 4 aliphatic rings. The first-order chi connectivity index (χ1) is 7.41. The number of hydrogen-bond acceptors (Lipinski definition) is 2.